The highest BCUT2D eigenvalue weighted by Crippen LogP contribution is 2.32. The van der Waals surface area contributed by atoms with Crippen LogP contribution >= 0.6 is 0 Å². The van der Waals surface area contributed by atoms with Gasteiger partial charge < -0.3 is 20.9 Å². The van der Waals surface area contributed by atoms with E-state index in [4.69, 9.17) is 0 Å². The summed E-state index contributed by atoms with van der Waals surface area (Å²) in [6, 6.07) is 9.61. The van der Waals surface area contributed by atoms with Crippen LogP contribution in [-0.2, 0) is 6.42 Å². The third kappa shape index (κ3) is 4.11. The Morgan fingerprint density at radius 1 is 1.28 bits per heavy atom. The molecule has 29 heavy (non-hydrogen) atoms. The van der Waals surface area contributed by atoms with Gasteiger partial charge in [-0.15, -0.1) is 0 Å². The Balaban J connectivity index is 1.50. The largest absolute Gasteiger partial charge is 0.350 e. The molecule has 7 nitrogen and oxygen atoms in total. The quantitative estimate of drug-likeness (QED) is 0.548. The number of pyridine rings is 1. The number of rotatable bonds is 4. The van der Waals surface area contributed by atoms with E-state index in [2.05, 4.69) is 25.9 Å². The van der Waals surface area contributed by atoms with Gasteiger partial charge in [0.1, 0.15) is 11.5 Å². The average Bonchev–Trinajstić information content (AvgIpc) is 3.02. The summed E-state index contributed by atoms with van der Waals surface area (Å²) in [6.07, 6.45) is 4.42. The van der Waals surface area contributed by atoms with Crippen molar-refractivity contribution in [3.05, 3.63) is 71.6 Å². The molecule has 0 unspecified atom stereocenters. The Morgan fingerprint density at radius 2 is 2.17 bits per heavy atom. The van der Waals surface area contributed by atoms with E-state index in [1.54, 1.807) is 18.5 Å². The van der Waals surface area contributed by atoms with Crippen molar-refractivity contribution in [2.75, 3.05) is 13.1 Å². The van der Waals surface area contributed by atoms with Crippen LogP contribution in [0.25, 0.3) is 16.5 Å². The maximum Gasteiger partial charge on any atom is 0.318 e. The lowest BCUT2D eigenvalue weighted by molar-refractivity contribution is 0.0952. The van der Waals surface area contributed by atoms with Gasteiger partial charge in [0, 0.05) is 54.1 Å². The molecule has 0 radical (unpaired) electrons. The first-order valence-corrected chi connectivity index (χ1v) is 9.35. The van der Waals surface area contributed by atoms with E-state index in [-0.39, 0.29) is 17.8 Å². The van der Waals surface area contributed by atoms with Crippen LogP contribution in [0.15, 0.2) is 48.8 Å². The van der Waals surface area contributed by atoms with Crippen LogP contribution in [-0.4, -0.2) is 35.0 Å². The molecular weight excluding hydrogens is 373 g/mol. The van der Waals surface area contributed by atoms with Crippen molar-refractivity contribution in [2.24, 2.45) is 0 Å². The summed E-state index contributed by atoms with van der Waals surface area (Å²) in [5.74, 6) is -0.636. The summed E-state index contributed by atoms with van der Waals surface area (Å²) in [6.45, 7) is 0.864. The smallest absolute Gasteiger partial charge is 0.318 e. The third-order valence-corrected chi connectivity index (χ3v) is 4.76. The lowest BCUT2D eigenvalue weighted by Gasteiger charge is -2.08. The second kappa shape index (κ2) is 8.14. The normalized spacial score (nSPS) is 14.9. The van der Waals surface area contributed by atoms with Crippen molar-refractivity contribution in [1.82, 2.24) is 25.9 Å². The minimum atomic E-state index is -0.386. The van der Waals surface area contributed by atoms with Gasteiger partial charge >= 0.3 is 6.03 Å². The molecule has 1 aliphatic heterocycles. The Morgan fingerprint density at radius 3 is 3.00 bits per heavy atom. The molecule has 0 bridgehead atoms. The predicted molar refractivity (Wildman–Crippen MR) is 108 cm³/mol. The molecule has 0 fully saturated rings. The van der Waals surface area contributed by atoms with Crippen LogP contribution in [0, 0.1) is 5.82 Å². The molecule has 3 amide bonds. The van der Waals surface area contributed by atoms with Gasteiger partial charge in [0.2, 0.25) is 0 Å². The summed E-state index contributed by atoms with van der Waals surface area (Å²) in [7, 11) is 0. The number of nitrogens with one attached hydrogen (secondary N) is 4. The number of hydrogen-bond donors (Lipinski definition) is 4. The Hall–Kier alpha value is -3.68. The van der Waals surface area contributed by atoms with Crippen LogP contribution in [0.3, 0.4) is 0 Å². The molecule has 148 valence electrons. The molecule has 0 spiro atoms. The van der Waals surface area contributed by atoms with Crippen LogP contribution in [0.5, 0.6) is 0 Å². The van der Waals surface area contributed by atoms with Gasteiger partial charge in [0.05, 0.1) is 0 Å². The first-order chi connectivity index (χ1) is 14.1. The van der Waals surface area contributed by atoms with Crippen molar-refractivity contribution >= 4 is 28.4 Å². The van der Waals surface area contributed by atoms with Crippen molar-refractivity contribution in [3.8, 4) is 0 Å². The maximum atomic E-state index is 13.8. The second-order valence-electron chi connectivity index (χ2n) is 6.71. The number of fused-ring (bicyclic) bond motifs is 3. The van der Waals surface area contributed by atoms with E-state index in [1.165, 1.54) is 12.1 Å². The molecule has 3 heterocycles. The molecule has 4 rings (SSSR count). The minimum Gasteiger partial charge on any atom is -0.350 e. The summed E-state index contributed by atoms with van der Waals surface area (Å²) in [5, 5.41) is 8.90. The highest BCUT2D eigenvalue weighted by Gasteiger charge is 2.24. The molecule has 0 saturated heterocycles. The number of aromatic nitrogens is 2. The molecular formula is C21H20FN5O2. The Labute approximate surface area is 166 Å². The van der Waals surface area contributed by atoms with Gasteiger partial charge in [-0.05, 0) is 42.3 Å². The minimum absolute atomic E-state index is 0.250. The number of carbonyl (C=O) groups excluding carboxylic acids is 2. The molecule has 0 aliphatic carbocycles. The van der Waals surface area contributed by atoms with E-state index < -0.39 is 0 Å². The first-order valence-electron chi connectivity index (χ1n) is 9.35. The van der Waals surface area contributed by atoms with Gasteiger partial charge in [-0.2, -0.15) is 0 Å². The Kier molecular flexibility index (Phi) is 5.24. The Bertz CT molecular complexity index is 1090. The van der Waals surface area contributed by atoms with E-state index in [0.717, 1.165) is 11.3 Å². The van der Waals surface area contributed by atoms with E-state index in [0.29, 0.717) is 48.1 Å². The zero-order chi connectivity index (χ0) is 20.2. The van der Waals surface area contributed by atoms with Crippen molar-refractivity contribution < 1.29 is 14.0 Å². The molecule has 1 aromatic carbocycles. The average molecular weight is 393 g/mol. The molecule has 1 aliphatic rings. The van der Waals surface area contributed by atoms with E-state index in [9.17, 15) is 14.0 Å². The molecule has 0 saturated carbocycles. The summed E-state index contributed by atoms with van der Waals surface area (Å²) >= 11 is 0. The lowest BCUT2D eigenvalue weighted by Crippen LogP contribution is -2.33. The van der Waals surface area contributed by atoms with Crippen molar-refractivity contribution in [3.63, 3.8) is 0 Å². The van der Waals surface area contributed by atoms with E-state index in [1.807, 2.05) is 18.2 Å². The van der Waals surface area contributed by atoms with Gasteiger partial charge in [-0.1, -0.05) is 6.07 Å². The number of carbonyl (C=O) groups is 2. The van der Waals surface area contributed by atoms with Gasteiger partial charge in [-0.3, -0.25) is 9.78 Å². The number of aromatic amines is 1. The molecule has 2 aromatic heterocycles. The van der Waals surface area contributed by atoms with Crippen molar-refractivity contribution in [1.29, 1.82) is 0 Å². The fourth-order valence-electron chi connectivity index (χ4n) is 3.39. The van der Waals surface area contributed by atoms with Gasteiger partial charge in [0.15, 0.2) is 0 Å². The topological polar surface area (TPSA) is 98.9 Å². The zero-order valence-corrected chi connectivity index (χ0v) is 15.6. The number of urea groups is 1. The standard InChI is InChI=1S/C21H20FN5O2/c22-14-4-5-17-16(11-14)18-13(6-9-24-20(28)19(18)27-17)12-26-21(29)25-10-7-15-3-1-2-8-23-15/h1-5,8,11-12,27H,6-7,9-10H2,(H,24,28)(H2,25,26,29)/b13-12+. The lowest BCUT2D eigenvalue weighted by atomic mass is 10.0. The van der Waals surface area contributed by atoms with Crippen LogP contribution in [0.2, 0.25) is 0 Å². The SMILES string of the molecule is O=C(N/C=C1\CCNC(=O)c2[nH]c3ccc(F)cc3c21)NCCc1ccccn1. The predicted octanol–water partition coefficient (Wildman–Crippen LogP) is 2.72. The fourth-order valence-corrected chi connectivity index (χ4v) is 3.39. The van der Waals surface area contributed by atoms with Gasteiger partial charge in [0.25, 0.3) is 5.91 Å². The maximum absolute atomic E-state index is 13.8. The third-order valence-electron chi connectivity index (χ3n) is 4.76. The number of nitrogens with zero attached hydrogens (tertiary/aromatic N) is 1. The number of halogens is 1. The molecule has 0 atom stereocenters. The number of hydrogen-bond acceptors (Lipinski definition) is 3. The van der Waals surface area contributed by atoms with Crippen molar-refractivity contribution in [2.45, 2.75) is 12.8 Å². The monoisotopic (exact) mass is 393 g/mol. The number of H-pyrrole nitrogens is 1. The summed E-state index contributed by atoms with van der Waals surface area (Å²) in [4.78, 5) is 31.8. The molecule has 4 N–H and O–H groups in total. The number of benzene rings is 1. The van der Waals surface area contributed by atoms with Crippen LogP contribution < -0.4 is 16.0 Å². The molecule has 3 aromatic rings. The van der Waals surface area contributed by atoms with Gasteiger partial charge in [-0.25, -0.2) is 9.18 Å². The first kappa shape index (κ1) is 18.7. The number of amides is 3. The second-order valence-corrected chi connectivity index (χ2v) is 6.71. The van der Waals surface area contributed by atoms with E-state index >= 15 is 0 Å². The molecule has 8 heteroatoms. The summed E-state index contributed by atoms with van der Waals surface area (Å²) < 4.78 is 13.8. The highest BCUT2D eigenvalue weighted by atomic mass is 19.1. The highest BCUT2D eigenvalue weighted by molar-refractivity contribution is 6.07. The van der Waals surface area contributed by atoms with Crippen LogP contribution in [0.1, 0.15) is 28.2 Å². The van der Waals surface area contributed by atoms with Crippen LogP contribution in [0.4, 0.5) is 9.18 Å². The fraction of sp³-hybridized carbons (Fsp3) is 0.190. The zero-order valence-electron chi connectivity index (χ0n) is 15.6. The summed E-state index contributed by atoms with van der Waals surface area (Å²) in [5.41, 5.74) is 3.29.